The molecule has 0 saturated carbocycles. The van der Waals surface area contributed by atoms with E-state index in [4.69, 9.17) is 4.74 Å². The number of rotatable bonds is 5. The molecular weight excluding hydrogens is 204 g/mol. The molecule has 0 aliphatic heterocycles. The Balaban J connectivity index is 1.78. The van der Waals surface area contributed by atoms with E-state index < -0.39 is 6.10 Å². The second-order valence-corrected chi connectivity index (χ2v) is 3.50. The van der Waals surface area contributed by atoms with Crippen molar-refractivity contribution in [3.63, 3.8) is 0 Å². The van der Waals surface area contributed by atoms with Crippen LogP contribution in [-0.4, -0.2) is 21.7 Å². The van der Waals surface area contributed by atoms with Gasteiger partial charge in [0.2, 0.25) is 0 Å². The van der Waals surface area contributed by atoms with Crippen LogP contribution in [-0.2, 0) is 11.3 Å². The van der Waals surface area contributed by atoms with Gasteiger partial charge in [-0.2, -0.15) is 0 Å². The lowest BCUT2D eigenvalue weighted by Crippen LogP contribution is -2.07. The lowest BCUT2D eigenvalue weighted by molar-refractivity contribution is 0.0266. The van der Waals surface area contributed by atoms with Crippen LogP contribution in [0.1, 0.15) is 17.4 Å². The molecule has 2 rings (SSSR count). The van der Waals surface area contributed by atoms with Crippen molar-refractivity contribution in [2.75, 3.05) is 6.61 Å². The Morgan fingerprint density at radius 1 is 1.31 bits per heavy atom. The maximum Gasteiger partial charge on any atom is 0.102 e. The molecule has 1 heterocycles. The molecule has 0 aliphatic carbocycles. The molecule has 1 atom stereocenters. The molecule has 0 bridgehead atoms. The van der Waals surface area contributed by atoms with Gasteiger partial charge in [0.25, 0.3) is 0 Å². The third kappa shape index (κ3) is 2.92. The molecule has 2 N–H and O–H groups in total. The molecule has 4 heteroatoms. The second kappa shape index (κ2) is 5.44. The minimum Gasteiger partial charge on any atom is -0.386 e. The Hall–Kier alpha value is -1.65. The van der Waals surface area contributed by atoms with Crippen molar-refractivity contribution < 1.29 is 9.84 Å². The van der Waals surface area contributed by atoms with Crippen molar-refractivity contribution in [2.45, 2.75) is 12.7 Å². The Morgan fingerprint density at radius 2 is 2.12 bits per heavy atom. The largest absolute Gasteiger partial charge is 0.386 e. The van der Waals surface area contributed by atoms with Gasteiger partial charge in [-0.05, 0) is 5.56 Å². The number of hydrogen-bond donors (Lipinski definition) is 2. The van der Waals surface area contributed by atoms with Gasteiger partial charge in [0.05, 0.1) is 25.2 Å². The molecule has 16 heavy (non-hydrogen) atoms. The summed E-state index contributed by atoms with van der Waals surface area (Å²) in [4.78, 5) is 6.87. The molecule has 1 aromatic carbocycles. The molecule has 0 amide bonds. The maximum absolute atomic E-state index is 9.80. The Bertz CT molecular complexity index is 400. The van der Waals surface area contributed by atoms with Crippen LogP contribution in [0.5, 0.6) is 0 Å². The molecule has 2 aromatic rings. The van der Waals surface area contributed by atoms with Crippen LogP contribution in [0, 0.1) is 0 Å². The first-order chi connectivity index (χ1) is 7.86. The van der Waals surface area contributed by atoms with Crippen LogP contribution in [0.2, 0.25) is 0 Å². The van der Waals surface area contributed by atoms with Gasteiger partial charge in [-0.1, -0.05) is 30.3 Å². The fourth-order valence-corrected chi connectivity index (χ4v) is 1.42. The van der Waals surface area contributed by atoms with Crippen molar-refractivity contribution in [1.29, 1.82) is 0 Å². The predicted octanol–water partition coefficient (Wildman–Crippen LogP) is 1.66. The van der Waals surface area contributed by atoms with Crippen molar-refractivity contribution in [3.05, 3.63) is 54.1 Å². The van der Waals surface area contributed by atoms with Crippen molar-refractivity contribution in [1.82, 2.24) is 9.97 Å². The van der Waals surface area contributed by atoms with Gasteiger partial charge in [-0.25, -0.2) is 4.98 Å². The summed E-state index contributed by atoms with van der Waals surface area (Å²) in [5.74, 6) is 0. The van der Waals surface area contributed by atoms with Gasteiger partial charge >= 0.3 is 0 Å². The number of aromatic amines is 1. The number of imidazole rings is 1. The van der Waals surface area contributed by atoms with E-state index in [9.17, 15) is 5.11 Å². The zero-order valence-electron chi connectivity index (χ0n) is 8.84. The highest BCUT2D eigenvalue weighted by Crippen LogP contribution is 2.12. The fraction of sp³-hybridized carbons (Fsp3) is 0.250. The first-order valence-corrected chi connectivity index (χ1v) is 5.14. The highest BCUT2D eigenvalue weighted by Gasteiger charge is 2.06. The summed E-state index contributed by atoms with van der Waals surface area (Å²) >= 11 is 0. The molecule has 0 spiro atoms. The minimum atomic E-state index is -0.583. The molecule has 84 valence electrons. The highest BCUT2D eigenvalue weighted by atomic mass is 16.5. The number of H-pyrrole nitrogens is 1. The van der Waals surface area contributed by atoms with Gasteiger partial charge in [0.15, 0.2) is 0 Å². The van der Waals surface area contributed by atoms with Gasteiger partial charge in [0, 0.05) is 6.20 Å². The van der Waals surface area contributed by atoms with E-state index in [1.807, 2.05) is 30.3 Å². The quantitative estimate of drug-likeness (QED) is 0.802. The average molecular weight is 218 g/mol. The monoisotopic (exact) mass is 218 g/mol. The number of aliphatic hydroxyl groups is 1. The van der Waals surface area contributed by atoms with Crippen molar-refractivity contribution in [2.24, 2.45) is 0 Å². The van der Waals surface area contributed by atoms with E-state index in [1.54, 1.807) is 12.5 Å². The van der Waals surface area contributed by atoms with Crippen LogP contribution in [0.25, 0.3) is 0 Å². The average Bonchev–Trinajstić information content (AvgIpc) is 2.83. The summed E-state index contributed by atoms with van der Waals surface area (Å²) < 4.78 is 5.36. The lowest BCUT2D eigenvalue weighted by atomic mass is 10.1. The zero-order valence-corrected chi connectivity index (χ0v) is 8.84. The Kier molecular flexibility index (Phi) is 3.69. The molecule has 4 nitrogen and oxygen atoms in total. The number of aliphatic hydroxyl groups excluding tert-OH is 1. The predicted molar refractivity (Wildman–Crippen MR) is 59.6 cm³/mol. The molecule has 0 saturated heterocycles. The van der Waals surface area contributed by atoms with E-state index in [1.165, 1.54) is 0 Å². The summed E-state index contributed by atoms with van der Waals surface area (Å²) in [5.41, 5.74) is 1.70. The molecule has 0 radical (unpaired) electrons. The second-order valence-electron chi connectivity index (χ2n) is 3.50. The molecule has 0 aliphatic rings. The zero-order chi connectivity index (χ0) is 11.2. The highest BCUT2D eigenvalue weighted by molar-refractivity contribution is 5.17. The van der Waals surface area contributed by atoms with Gasteiger partial charge < -0.3 is 14.8 Å². The summed E-state index contributed by atoms with van der Waals surface area (Å²) in [7, 11) is 0. The molecular formula is C12H14N2O2. The summed E-state index contributed by atoms with van der Waals surface area (Å²) in [5, 5.41) is 9.80. The number of nitrogens with zero attached hydrogens (tertiary/aromatic N) is 1. The summed E-state index contributed by atoms with van der Waals surface area (Å²) in [6.07, 6.45) is 2.79. The number of ether oxygens (including phenoxy) is 1. The lowest BCUT2D eigenvalue weighted by Gasteiger charge is -2.10. The van der Waals surface area contributed by atoms with Gasteiger partial charge in [-0.3, -0.25) is 0 Å². The van der Waals surface area contributed by atoms with Crippen molar-refractivity contribution in [3.8, 4) is 0 Å². The topological polar surface area (TPSA) is 58.1 Å². The summed E-state index contributed by atoms with van der Waals surface area (Å²) in [6.45, 7) is 0.685. The first-order valence-electron chi connectivity index (χ1n) is 5.14. The SMILES string of the molecule is OC(COCc1c[nH]cn1)c1ccccc1. The number of aromatic nitrogens is 2. The number of nitrogens with one attached hydrogen (secondary N) is 1. The minimum absolute atomic E-state index is 0.275. The van der Waals surface area contributed by atoms with Gasteiger partial charge in [0.1, 0.15) is 6.10 Å². The molecule has 1 unspecified atom stereocenters. The first kappa shape index (κ1) is 10.9. The maximum atomic E-state index is 9.80. The standard InChI is InChI=1S/C12H14N2O2/c15-12(10-4-2-1-3-5-10)8-16-7-11-6-13-9-14-11/h1-6,9,12,15H,7-8H2,(H,13,14). The third-order valence-electron chi connectivity index (χ3n) is 2.26. The van der Waals surface area contributed by atoms with E-state index in [2.05, 4.69) is 9.97 Å². The third-order valence-corrected chi connectivity index (χ3v) is 2.26. The van der Waals surface area contributed by atoms with Crippen molar-refractivity contribution >= 4 is 0 Å². The van der Waals surface area contributed by atoms with Gasteiger partial charge in [-0.15, -0.1) is 0 Å². The van der Waals surface area contributed by atoms with E-state index >= 15 is 0 Å². The van der Waals surface area contributed by atoms with Crippen LogP contribution in [0.15, 0.2) is 42.9 Å². The van der Waals surface area contributed by atoms with E-state index in [0.717, 1.165) is 11.3 Å². The Morgan fingerprint density at radius 3 is 2.81 bits per heavy atom. The van der Waals surface area contributed by atoms with Crippen LogP contribution < -0.4 is 0 Å². The van der Waals surface area contributed by atoms with E-state index in [0.29, 0.717) is 6.61 Å². The van der Waals surface area contributed by atoms with Crippen LogP contribution >= 0.6 is 0 Å². The van der Waals surface area contributed by atoms with Crippen LogP contribution in [0.3, 0.4) is 0 Å². The smallest absolute Gasteiger partial charge is 0.102 e. The normalized spacial score (nSPS) is 12.6. The number of hydrogen-bond acceptors (Lipinski definition) is 3. The molecule has 0 fully saturated rings. The Labute approximate surface area is 93.9 Å². The van der Waals surface area contributed by atoms with Crippen LogP contribution in [0.4, 0.5) is 0 Å². The fourth-order valence-electron chi connectivity index (χ4n) is 1.42. The van der Waals surface area contributed by atoms with E-state index in [-0.39, 0.29) is 6.61 Å². The molecule has 1 aromatic heterocycles. The number of benzene rings is 1. The summed E-state index contributed by atoms with van der Waals surface area (Å²) in [6, 6.07) is 9.46.